The lowest BCUT2D eigenvalue weighted by molar-refractivity contribution is -0.157. The Labute approximate surface area is 155 Å². The Balaban J connectivity index is 1.42. The molecule has 0 unspecified atom stereocenters. The molecule has 26 heavy (non-hydrogen) atoms. The first-order valence-electron chi connectivity index (χ1n) is 9.77. The number of carbonyl (C=O) groups is 2. The third-order valence-electron chi connectivity index (χ3n) is 5.54. The van der Waals surface area contributed by atoms with Gasteiger partial charge in [0.25, 0.3) is 5.91 Å². The van der Waals surface area contributed by atoms with Crippen LogP contribution < -0.4 is 10.1 Å². The normalized spacial score (nSPS) is 23.0. The van der Waals surface area contributed by atoms with Crippen molar-refractivity contribution in [2.24, 2.45) is 5.92 Å². The number of ether oxygens (including phenoxy) is 2. The van der Waals surface area contributed by atoms with Crippen molar-refractivity contribution >= 4 is 11.9 Å². The van der Waals surface area contributed by atoms with E-state index in [2.05, 4.69) is 18.3 Å². The van der Waals surface area contributed by atoms with Gasteiger partial charge >= 0.3 is 5.97 Å². The van der Waals surface area contributed by atoms with Crippen LogP contribution >= 0.6 is 0 Å². The lowest BCUT2D eigenvalue weighted by atomic mass is 9.86. The molecule has 0 saturated heterocycles. The zero-order valence-corrected chi connectivity index (χ0v) is 15.8. The molecule has 2 aliphatic rings. The van der Waals surface area contributed by atoms with E-state index in [1.807, 2.05) is 12.1 Å². The molecule has 5 nitrogen and oxygen atoms in total. The molecule has 0 heterocycles. The summed E-state index contributed by atoms with van der Waals surface area (Å²) in [6.45, 7) is 3.58. The minimum Gasteiger partial charge on any atom is -0.482 e. The molecule has 1 saturated carbocycles. The van der Waals surface area contributed by atoms with Gasteiger partial charge in [-0.05, 0) is 68.2 Å². The van der Waals surface area contributed by atoms with Gasteiger partial charge in [0.05, 0.1) is 0 Å². The fourth-order valence-electron chi connectivity index (χ4n) is 3.90. The Morgan fingerprint density at radius 3 is 2.73 bits per heavy atom. The summed E-state index contributed by atoms with van der Waals surface area (Å²) in [4.78, 5) is 24.3. The van der Waals surface area contributed by atoms with E-state index in [9.17, 15) is 9.59 Å². The molecule has 142 valence electrons. The number of aryl methyl sites for hydroxylation is 2. The summed E-state index contributed by atoms with van der Waals surface area (Å²) in [6, 6.07) is 6.12. The molecule has 2 aliphatic carbocycles. The SMILES string of the molecule is C[C@@H](OC(=O)COc1ccc2c(c1)CCC2)C(=O)N[C@H]1CCCC[C@@H]1C. The molecule has 1 amide bonds. The van der Waals surface area contributed by atoms with Crippen molar-refractivity contribution in [3.8, 4) is 5.75 Å². The molecule has 1 N–H and O–H groups in total. The largest absolute Gasteiger partial charge is 0.482 e. The van der Waals surface area contributed by atoms with Crippen LogP contribution in [-0.4, -0.2) is 30.6 Å². The Hall–Kier alpha value is -2.04. The minimum atomic E-state index is -0.805. The molecule has 1 aromatic carbocycles. The van der Waals surface area contributed by atoms with E-state index >= 15 is 0 Å². The second-order valence-corrected chi connectivity index (χ2v) is 7.58. The second-order valence-electron chi connectivity index (χ2n) is 7.58. The van der Waals surface area contributed by atoms with Crippen LogP contribution in [0.15, 0.2) is 18.2 Å². The van der Waals surface area contributed by atoms with Crippen LogP contribution in [-0.2, 0) is 27.2 Å². The molecule has 0 aromatic heterocycles. The number of esters is 1. The predicted octanol–water partition coefficient (Wildman–Crippen LogP) is 3.18. The molecule has 3 rings (SSSR count). The highest BCUT2D eigenvalue weighted by molar-refractivity contribution is 5.83. The second kappa shape index (κ2) is 8.56. The van der Waals surface area contributed by atoms with E-state index in [0.29, 0.717) is 11.7 Å². The summed E-state index contributed by atoms with van der Waals surface area (Å²) in [6.07, 6.45) is 7.03. The summed E-state index contributed by atoms with van der Waals surface area (Å²) in [7, 11) is 0. The quantitative estimate of drug-likeness (QED) is 0.793. The van der Waals surface area contributed by atoms with Crippen LogP contribution in [0.1, 0.15) is 57.1 Å². The van der Waals surface area contributed by atoms with Crippen LogP contribution in [0.5, 0.6) is 5.75 Å². The van der Waals surface area contributed by atoms with Gasteiger partial charge in [-0.15, -0.1) is 0 Å². The van der Waals surface area contributed by atoms with Gasteiger partial charge in [0, 0.05) is 6.04 Å². The standard InChI is InChI=1S/C21H29NO4/c1-14-6-3-4-9-19(14)22-21(24)15(2)26-20(23)13-25-18-11-10-16-7-5-8-17(16)12-18/h10-12,14-15,19H,3-9,13H2,1-2H3,(H,22,24)/t14-,15+,19-/m0/s1. The number of nitrogens with one attached hydrogen (secondary N) is 1. The first-order valence-corrected chi connectivity index (χ1v) is 9.77. The van der Waals surface area contributed by atoms with E-state index in [4.69, 9.17) is 9.47 Å². The fraction of sp³-hybridized carbons (Fsp3) is 0.619. The van der Waals surface area contributed by atoms with Crippen molar-refractivity contribution in [2.75, 3.05) is 6.61 Å². The molecular weight excluding hydrogens is 330 g/mol. The highest BCUT2D eigenvalue weighted by atomic mass is 16.6. The highest BCUT2D eigenvalue weighted by Crippen LogP contribution is 2.26. The third-order valence-corrected chi connectivity index (χ3v) is 5.54. The summed E-state index contributed by atoms with van der Waals surface area (Å²) in [5, 5.41) is 3.02. The van der Waals surface area contributed by atoms with Gasteiger partial charge in [-0.1, -0.05) is 25.8 Å². The molecule has 0 bridgehead atoms. The van der Waals surface area contributed by atoms with Crippen molar-refractivity contribution < 1.29 is 19.1 Å². The van der Waals surface area contributed by atoms with Gasteiger partial charge in [0.1, 0.15) is 5.75 Å². The van der Waals surface area contributed by atoms with E-state index in [0.717, 1.165) is 32.1 Å². The minimum absolute atomic E-state index is 0.181. The number of hydrogen-bond donors (Lipinski definition) is 1. The molecule has 0 spiro atoms. The average Bonchev–Trinajstić information content (AvgIpc) is 3.09. The number of hydrogen-bond acceptors (Lipinski definition) is 4. The van der Waals surface area contributed by atoms with Gasteiger partial charge in [0.15, 0.2) is 12.7 Å². The molecule has 0 aliphatic heterocycles. The molecule has 5 heteroatoms. The maximum Gasteiger partial charge on any atom is 0.344 e. The summed E-state index contributed by atoms with van der Waals surface area (Å²) >= 11 is 0. The highest BCUT2D eigenvalue weighted by Gasteiger charge is 2.26. The first-order chi connectivity index (χ1) is 12.5. The van der Waals surface area contributed by atoms with Crippen LogP contribution in [0.4, 0.5) is 0 Å². The van der Waals surface area contributed by atoms with E-state index in [1.165, 1.54) is 24.0 Å². The maximum atomic E-state index is 12.3. The molecule has 1 fully saturated rings. The van der Waals surface area contributed by atoms with Crippen LogP contribution in [0.3, 0.4) is 0 Å². The lowest BCUT2D eigenvalue weighted by Gasteiger charge is -2.30. The summed E-state index contributed by atoms with van der Waals surface area (Å²) < 4.78 is 10.8. The van der Waals surface area contributed by atoms with Gasteiger partial charge in [-0.3, -0.25) is 4.79 Å². The van der Waals surface area contributed by atoms with Crippen LogP contribution in [0.25, 0.3) is 0 Å². The average molecular weight is 359 g/mol. The molecule has 1 aromatic rings. The van der Waals surface area contributed by atoms with Crippen molar-refractivity contribution in [2.45, 2.75) is 70.9 Å². The van der Waals surface area contributed by atoms with Crippen molar-refractivity contribution in [1.82, 2.24) is 5.32 Å². The Morgan fingerprint density at radius 2 is 1.92 bits per heavy atom. The number of fused-ring (bicyclic) bond motifs is 1. The van der Waals surface area contributed by atoms with Crippen molar-refractivity contribution in [1.29, 1.82) is 0 Å². The number of benzene rings is 1. The topological polar surface area (TPSA) is 64.6 Å². The smallest absolute Gasteiger partial charge is 0.344 e. The van der Waals surface area contributed by atoms with Crippen LogP contribution in [0, 0.1) is 5.92 Å². The zero-order chi connectivity index (χ0) is 18.5. The Bertz CT molecular complexity index is 657. The number of amides is 1. The Morgan fingerprint density at radius 1 is 1.15 bits per heavy atom. The van der Waals surface area contributed by atoms with E-state index in [-0.39, 0.29) is 18.6 Å². The molecule has 0 radical (unpaired) electrons. The number of carbonyl (C=O) groups excluding carboxylic acids is 2. The lowest BCUT2D eigenvalue weighted by Crippen LogP contribution is -2.46. The van der Waals surface area contributed by atoms with Gasteiger partial charge in [-0.25, -0.2) is 4.79 Å². The van der Waals surface area contributed by atoms with Crippen molar-refractivity contribution in [3.05, 3.63) is 29.3 Å². The first kappa shape index (κ1) is 18.7. The summed E-state index contributed by atoms with van der Waals surface area (Å²) in [5.74, 6) is 0.397. The third kappa shape index (κ3) is 4.77. The number of rotatable bonds is 6. The van der Waals surface area contributed by atoms with E-state index in [1.54, 1.807) is 6.92 Å². The van der Waals surface area contributed by atoms with Crippen LogP contribution in [0.2, 0.25) is 0 Å². The molecular formula is C21H29NO4. The fourth-order valence-corrected chi connectivity index (χ4v) is 3.90. The Kier molecular flexibility index (Phi) is 6.17. The van der Waals surface area contributed by atoms with Gasteiger partial charge < -0.3 is 14.8 Å². The van der Waals surface area contributed by atoms with E-state index < -0.39 is 12.1 Å². The summed E-state index contributed by atoms with van der Waals surface area (Å²) in [5.41, 5.74) is 2.66. The molecule has 3 atom stereocenters. The van der Waals surface area contributed by atoms with Gasteiger partial charge in [0.2, 0.25) is 0 Å². The van der Waals surface area contributed by atoms with Gasteiger partial charge in [-0.2, -0.15) is 0 Å². The zero-order valence-electron chi connectivity index (χ0n) is 15.8. The monoisotopic (exact) mass is 359 g/mol. The maximum absolute atomic E-state index is 12.3. The van der Waals surface area contributed by atoms with Crippen molar-refractivity contribution in [3.63, 3.8) is 0 Å². The predicted molar refractivity (Wildman–Crippen MR) is 99.1 cm³/mol.